The van der Waals surface area contributed by atoms with Crippen LogP contribution in [0.15, 0.2) is 40.8 Å². The zero-order valence-corrected chi connectivity index (χ0v) is 13.7. The molecule has 0 aliphatic carbocycles. The van der Waals surface area contributed by atoms with Gasteiger partial charge in [0.05, 0.1) is 13.2 Å². The highest BCUT2D eigenvalue weighted by molar-refractivity contribution is 5.94. The molecule has 2 N–H and O–H groups in total. The summed E-state index contributed by atoms with van der Waals surface area (Å²) < 4.78 is 28.4. The van der Waals surface area contributed by atoms with E-state index in [1.54, 1.807) is 6.07 Å². The van der Waals surface area contributed by atoms with E-state index >= 15 is 0 Å². The number of carbonyl (C=O) groups is 2. The molecule has 0 saturated heterocycles. The van der Waals surface area contributed by atoms with Crippen LogP contribution in [-0.2, 0) is 16.1 Å². The van der Waals surface area contributed by atoms with Crippen molar-refractivity contribution in [2.45, 2.75) is 6.61 Å². The van der Waals surface area contributed by atoms with Gasteiger partial charge in [0.15, 0.2) is 5.76 Å². The Labute approximate surface area is 144 Å². The number of hydrogen-bond donors (Lipinski definition) is 2. The number of ether oxygens (including phenoxy) is 2. The van der Waals surface area contributed by atoms with Crippen LogP contribution in [0.25, 0.3) is 0 Å². The Kier molecular flexibility index (Phi) is 6.97. The summed E-state index contributed by atoms with van der Waals surface area (Å²) in [5.41, 5.74) is 0. The van der Waals surface area contributed by atoms with E-state index < -0.39 is 5.91 Å². The van der Waals surface area contributed by atoms with Gasteiger partial charge in [-0.3, -0.25) is 9.59 Å². The molecule has 8 heteroatoms. The van der Waals surface area contributed by atoms with Crippen LogP contribution in [0.1, 0.15) is 16.3 Å². The van der Waals surface area contributed by atoms with E-state index in [0.29, 0.717) is 24.7 Å². The largest absolute Gasteiger partial charge is 0.486 e. The number of amides is 2. The van der Waals surface area contributed by atoms with Gasteiger partial charge < -0.3 is 24.5 Å². The average molecular weight is 350 g/mol. The van der Waals surface area contributed by atoms with Crippen LogP contribution in [0, 0.1) is 5.82 Å². The lowest BCUT2D eigenvalue weighted by Crippen LogP contribution is -2.38. The normalized spacial score (nSPS) is 10.3. The molecule has 0 unspecified atom stereocenters. The monoisotopic (exact) mass is 350 g/mol. The molecule has 1 aromatic carbocycles. The van der Waals surface area contributed by atoms with Gasteiger partial charge >= 0.3 is 0 Å². The number of furan rings is 1. The molecule has 0 saturated carbocycles. The zero-order valence-electron chi connectivity index (χ0n) is 13.7. The van der Waals surface area contributed by atoms with Crippen molar-refractivity contribution in [2.24, 2.45) is 0 Å². The number of halogens is 1. The molecule has 0 atom stereocenters. The molecule has 1 aromatic heterocycles. The zero-order chi connectivity index (χ0) is 18.1. The Morgan fingerprint density at radius 2 is 1.88 bits per heavy atom. The maximum atomic E-state index is 12.8. The van der Waals surface area contributed by atoms with Crippen LogP contribution in [-0.4, -0.2) is 38.6 Å². The highest BCUT2D eigenvalue weighted by Gasteiger charge is 2.12. The summed E-state index contributed by atoms with van der Waals surface area (Å²) in [6, 6.07) is 8.64. The molecule has 134 valence electrons. The Hall–Kier alpha value is -2.87. The first-order chi connectivity index (χ1) is 12.1. The van der Waals surface area contributed by atoms with Gasteiger partial charge in [-0.05, 0) is 36.4 Å². The predicted molar refractivity (Wildman–Crippen MR) is 86.7 cm³/mol. The fourth-order valence-electron chi connectivity index (χ4n) is 1.87. The van der Waals surface area contributed by atoms with E-state index in [0.717, 1.165) is 0 Å². The predicted octanol–water partition coefficient (Wildman–Crippen LogP) is 1.49. The van der Waals surface area contributed by atoms with Crippen LogP contribution in [0.2, 0.25) is 0 Å². The Balaban J connectivity index is 1.76. The van der Waals surface area contributed by atoms with Crippen LogP contribution >= 0.6 is 0 Å². The van der Waals surface area contributed by atoms with Gasteiger partial charge in [-0.1, -0.05) is 0 Å². The molecule has 0 spiro atoms. The van der Waals surface area contributed by atoms with Crippen molar-refractivity contribution in [2.75, 3.05) is 26.8 Å². The van der Waals surface area contributed by atoms with Crippen LogP contribution in [0.5, 0.6) is 5.75 Å². The lowest BCUT2D eigenvalue weighted by atomic mass is 10.3. The second kappa shape index (κ2) is 9.43. The van der Waals surface area contributed by atoms with E-state index in [9.17, 15) is 14.0 Å². The molecular weight excluding hydrogens is 331 g/mol. The smallest absolute Gasteiger partial charge is 0.287 e. The Bertz CT molecular complexity index is 699. The maximum absolute atomic E-state index is 12.8. The van der Waals surface area contributed by atoms with Gasteiger partial charge in [-0.25, -0.2) is 4.39 Å². The molecule has 2 rings (SSSR count). The van der Waals surface area contributed by atoms with Crippen molar-refractivity contribution in [1.29, 1.82) is 0 Å². The van der Waals surface area contributed by atoms with Crippen molar-refractivity contribution in [3.05, 3.63) is 53.7 Å². The molecular formula is C17H19FN2O5. The first kappa shape index (κ1) is 18.5. The first-order valence-corrected chi connectivity index (χ1v) is 7.59. The minimum Gasteiger partial charge on any atom is -0.486 e. The van der Waals surface area contributed by atoms with Gasteiger partial charge in [0.25, 0.3) is 5.91 Å². The summed E-state index contributed by atoms with van der Waals surface area (Å²) in [5, 5.41) is 5.03. The highest BCUT2D eigenvalue weighted by Crippen LogP contribution is 2.15. The van der Waals surface area contributed by atoms with Crippen molar-refractivity contribution < 1.29 is 27.9 Å². The van der Waals surface area contributed by atoms with E-state index in [1.165, 1.54) is 37.4 Å². The van der Waals surface area contributed by atoms with Gasteiger partial charge in [-0.15, -0.1) is 0 Å². The summed E-state index contributed by atoms with van der Waals surface area (Å²) >= 11 is 0. The van der Waals surface area contributed by atoms with Crippen molar-refractivity contribution in [1.82, 2.24) is 10.6 Å². The summed E-state index contributed by atoms with van der Waals surface area (Å²) in [5.74, 6) is -0.194. The summed E-state index contributed by atoms with van der Waals surface area (Å²) in [4.78, 5) is 23.4. The lowest BCUT2D eigenvalue weighted by molar-refractivity contribution is -0.120. The standard InChI is InChI=1S/C17H19FN2O5/c1-23-9-8-19-16(21)10-20-17(22)15-7-6-14(25-15)11-24-13-4-2-12(18)3-5-13/h2-7H,8-11H2,1H3,(H,19,21)(H,20,22). The molecule has 1 heterocycles. The van der Waals surface area contributed by atoms with Crippen molar-refractivity contribution in [3.8, 4) is 5.75 Å². The van der Waals surface area contributed by atoms with Crippen LogP contribution in [0.3, 0.4) is 0 Å². The van der Waals surface area contributed by atoms with Gasteiger partial charge in [0.2, 0.25) is 5.91 Å². The lowest BCUT2D eigenvalue weighted by Gasteiger charge is -2.05. The number of hydrogen-bond acceptors (Lipinski definition) is 5. The molecule has 0 fully saturated rings. The van der Waals surface area contributed by atoms with Crippen molar-refractivity contribution >= 4 is 11.8 Å². The van der Waals surface area contributed by atoms with Gasteiger partial charge in [0.1, 0.15) is 23.9 Å². The first-order valence-electron chi connectivity index (χ1n) is 7.59. The van der Waals surface area contributed by atoms with Gasteiger partial charge in [0, 0.05) is 13.7 Å². The topological polar surface area (TPSA) is 89.8 Å². The highest BCUT2D eigenvalue weighted by atomic mass is 19.1. The minimum atomic E-state index is -0.505. The summed E-state index contributed by atoms with van der Waals surface area (Å²) in [7, 11) is 1.53. The molecule has 2 amide bonds. The van der Waals surface area contributed by atoms with E-state index in [2.05, 4.69) is 10.6 Å². The molecule has 7 nitrogen and oxygen atoms in total. The Morgan fingerprint density at radius 3 is 2.60 bits per heavy atom. The average Bonchev–Trinajstić information content (AvgIpc) is 3.08. The molecule has 25 heavy (non-hydrogen) atoms. The number of benzene rings is 1. The van der Waals surface area contributed by atoms with Crippen LogP contribution in [0.4, 0.5) is 4.39 Å². The van der Waals surface area contributed by atoms with Crippen LogP contribution < -0.4 is 15.4 Å². The SMILES string of the molecule is COCCNC(=O)CNC(=O)c1ccc(COc2ccc(F)cc2)o1. The Morgan fingerprint density at radius 1 is 1.12 bits per heavy atom. The third-order valence-electron chi connectivity index (χ3n) is 3.12. The third-order valence-corrected chi connectivity index (χ3v) is 3.12. The maximum Gasteiger partial charge on any atom is 0.287 e. The van der Waals surface area contributed by atoms with E-state index in [1.807, 2.05) is 0 Å². The molecule has 0 bridgehead atoms. The molecule has 0 aliphatic heterocycles. The van der Waals surface area contributed by atoms with Gasteiger partial charge in [-0.2, -0.15) is 0 Å². The fourth-order valence-corrected chi connectivity index (χ4v) is 1.87. The molecule has 2 aromatic rings. The molecule has 0 radical (unpaired) electrons. The third kappa shape index (κ3) is 6.27. The number of methoxy groups -OCH3 is 1. The van der Waals surface area contributed by atoms with E-state index in [-0.39, 0.29) is 30.6 Å². The quantitative estimate of drug-likeness (QED) is 0.669. The second-order valence-corrected chi connectivity index (χ2v) is 5.03. The molecule has 0 aliphatic rings. The number of rotatable bonds is 9. The summed E-state index contributed by atoms with van der Waals surface area (Å²) in [6.07, 6.45) is 0. The summed E-state index contributed by atoms with van der Waals surface area (Å²) in [6.45, 7) is 0.702. The van der Waals surface area contributed by atoms with Crippen molar-refractivity contribution in [3.63, 3.8) is 0 Å². The minimum absolute atomic E-state index is 0.0717. The number of carbonyl (C=O) groups excluding carboxylic acids is 2. The second-order valence-electron chi connectivity index (χ2n) is 5.03. The number of nitrogens with one attached hydrogen (secondary N) is 2. The fraction of sp³-hybridized carbons (Fsp3) is 0.294. The van der Waals surface area contributed by atoms with E-state index in [4.69, 9.17) is 13.9 Å².